The van der Waals surface area contributed by atoms with E-state index in [1.54, 1.807) is 19.1 Å². The third kappa shape index (κ3) is 3.36. The number of halogens is 2. The van der Waals surface area contributed by atoms with E-state index >= 15 is 0 Å². The second kappa shape index (κ2) is 7.81. The Hall–Kier alpha value is -3.98. The quantitative estimate of drug-likeness (QED) is 0.341. The van der Waals surface area contributed by atoms with E-state index in [2.05, 4.69) is 17.1 Å². The minimum absolute atomic E-state index is 0.263. The van der Waals surface area contributed by atoms with Gasteiger partial charge >= 0.3 is 0 Å². The zero-order valence-corrected chi connectivity index (χ0v) is 18.6. The third-order valence-electron chi connectivity index (χ3n) is 6.65. The molecule has 6 rings (SSSR count). The van der Waals surface area contributed by atoms with E-state index in [4.69, 9.17) is 4.74 Å². The van der Waals surface area contributed by atoms with Crippen LogP contribution in [0.2, 0.25) is 0 Å². The summed E-state index contributed by atoms with van der Waals surface area (Å²) < 4.78 is 36.2. The standard InChI is InChI=1S/C28H21F2N3O/c1-16(14-31)26-21-8-4-17(11-19(21)15-34-25-13-20(29)7-9-22(25)26)12-24-27(18-5-6-18)32-28-23(30)3-2-10-33(24)28/h2-4,7-11,13,18H,5-6,12,15H2,1H3. The molecule has 3 heterocycles. The highest BCUT2D eigenvalue weighted by atomic mass is 19.1. The number of pyridine rings is 1. The largest absolute Gasteiger partial charge is 0.488 e. The molecule has 2 aromatic carbocycles. The van der Waals surface area contributed by atoms with Crippen LogP contribution in [-0.2, 0) is 13.0 Å². The van der Waals surface area contributed by atoms with E-state index in [0.717, 1.165) is 46.5 Å². The van der Waals surface area contributed by atoms with Gasteiger partial charge < -0.3 is 9.14 Å². The highest BCUT2D eigenvalue weighted by Gasteiger charge is 2.31. The molecule has 34 heavy (non-hydrogen) atoms. The van der Waals surface area contributed by atoms with Gasteiger partial charge in [0.25, 0.3) is 0 Å². The van der Waals surface area contributed by atoms with Crippen molar-refractivity contribution in [1.82, 2.24) is 9.38 Å². The van der Waals surface area contributed by atoms with E-state index in [0.29, 0.717) is 34.9 Å². The first-order valence-electron chi connectivity index (χ1n) is 11.3. The number of nitrogens with zero attached hydrogens (tertiary/aromatic N) is 3. The van der Waals surface area contributed by atoms with Crippen LogP contribution >= 0.6 is 0 Å². The minimum atomic E-state index is -0.383. The number of nitriles is 1. The molecule has 1 saturated carbocycles. The second-order valence-corrected chi connectivity index (χ2v) is 8.98. The van der Waals surface area contributed by atoms with Gasteiger partial charge in [-0.25, -0.2) is 13.8 Å². The lowest BCUT2D eigenvalue weighted by atomic mass is 9.89. The summed E-state index contributed by atoms with van der Waals surface area (Å²) >= 11 is 0. The lowest BCUT2D eigenvalue weighted by Gasteiger charge is -2.13. The Bertz CT molecular complexity index is 1540. The van der Waals surface area contributed by atoms with Gasteiger partial charge in [-0.15, -0.1) is 0 Å². The predicted octanol–water partition coefficient (Wildman–Crippen LogP) is 6.32. The summed E-state index contributed by atoms with van der Waals surface area (Å²) in [6, 6.07) is 15.9. The highest BCUT2D eigenvalue weighted by molar-refractivity contribution is 5.88. The summed E-state index contributed by atoms with van der Waals surface area (Å²) in [5.41, 5.74) is 7.21. The topological polar surface area (TPSA) is 50.3 Å². The monoisotopic (exact) mass is 453 g/mol. The molecule has 0 atom stereocenters. The van der Waals surface area contributed by atoms with Crippen LogP contribution in [0.25, 0.3) is 11.2 Å². The summed E-state index contributed by atoms with van der Waals surface area (Å²) in [5.74, 6) is 0.107. The zero-order valence-electron chi connectivity index (χ0n) is 18.6. The van der Waals surface area contributed by atoms with Crippen molar-refractivity contribution in [2.75, 3.05) is 0 Å². The van der Waals surface area contributed by atoms with Gasteiger partial charge in [-0.3, -0.25) is 0 Å². The van der Waals surface area contributed by atoms with Crippen LogP contribution in [0.15, 0.2) is 60.3 Å². The fraction of sp³-hybridized carbons (Fsp3) is 0.214. The molecular weight excluding hydrogens is 432 g/mol. The molecule has 0 amide bonds. The van der Waals surface area contributed by atoms with Crippen molar-refractivity contribution < 1.29 is 13.5 Å². The molecule has 6 heteroatoms. The maximum Gasteiger partial charge on any atom is 0.173 e. The molecule has 0 bridgehead atoms. The van der Waals surface area contributed by atoms with Gasteiger partial charge in [0.2, 0.25) is 0 Å². The van der Waals surface area contributed by atoms with E-state index < -0.39 is 0 Å². The van der Waals surface area contributed by atoms with Crippen LogP contribution < -0.4 is 4.74 Å². The van der Waals surface area contributed by atoms with Gasteiger partial charge in [0.05, 0.1) is 17.5 Å². The second-order valence-electron chi connectivity index (χ2n) is 8.98. The maximum absolute atomic E-state index is 14.4. The first-order chi connectivity index (χ1) is 16.5. The maximum atomic E-state index is 14.4. The van der Waals surface area contributed by atoms with Crippen LogP contribution in [0.3, 0.4) is 0 Å². The normalized spacial score (nSPS) is 16.3. The minimum Gasteiger partial charge on any atom is -0.488 e. The average molecular weight is 453 g/mol. The van der Waals surface area contributed by atoms with Crippen molar-refractivity contribution in [3.63, 3.8) is 0 Å². The summed E-state index contributed by atoms with van der Waals surface area (Å²) in [7, 11) is 0. The summed E-state index contributed by atoms with van der Waals surface area (Å²) in [5, 5.41) is 9.66. The fourth-order valence-electron chi connectivity index (χ4n) is 4.86. The first-order valence-corrected chi connectivity index (χ1v) is 11.3. The summed E-state index contributed by atoms with van der Waals surface area (Å²) in [6.07, 6.45) is 4.61. The number of ether oxygens (including phenoxy) is 1. The van der Waals surface area contributed by atoms with Gasteiger partial charge in [-0.2, -0.15) is 5.26 Å². The SMILES string of the molecule is CC(C#N)=C1c2ccc(Cc3c(C4CC4)nc4c(F)cccn34)cc2COc2cc(F)ccc21. The lowest BCUT2D eigenvalue weighted by molar-refractivity contribution is 0.305. The van der Waals surface area contributed by atoms with Crippen molar-refractivity contribution in [1.29, 1.82) is 5.26 Å². The molecule has 0 N–H and O–H groups in total. The molecular formula is C28H21F2N3O. The molecule has 1 aliphatic carbocycles. The molecule has 4 aromatic rings. The summed E-state index contributed by atoms with van der Waals surface area (Å²) in [4.78, 5) is 4.64. The number of hydrogen-bond donors (Lipinski definition) is 0. The van der Waals surface area contributed by atoms with Gasteiger partial charge in [0, 0.05) is 41.3 Å². The van der Waals surface area contributed by atoms with E-state index in [9.17, 15) is 14.0 Å². The number of fused-ring (bicyclic) bond motifs is 3. The van der Waals surface area contributed by atoms with Gasteiger partial charge in [-0.05, 0) is 60.7 Å². The molecule has 4 nitrogen and oxygen atoms in total. The van der Waals surface area contributed by atoms with Gasteiger partial charge in [0.1, 0.15) is 18.2 Å². The Balaban J connectivity index is 1.45. The first kappa shape index (κ1) is 20.6. The van der Waals surface area contributed by atoms with Crippen LogP contribution in [-0.4, -0.2) is 9.38 Å². The van der Waals surface area contributed by atoms with Crippen LogP contribution in [0.5, 0.6) is 5.75 Å². The average Bonchev–Trinajstić information content (AvgIpc) is 3.63. The molecule has 168 valence electrons. The Morgan fingerprint density at radius 3 is 2.76 bits per heavy atom. The number of rotatable bonds is 3. The Morgan fingerprint density at radius 1 is 1.15 bits per heavy atom. The van der Waals surface area contributed by atoms with Crippen LogP contribution in [0.1, 0.15) is 59.3 Å². The lowest BCUT2D eigenvalue weighted by Crippen LogP contribution is -2.02. The van der Waals surface area contributed by atoms with Gasteiger partial charge in [-0.1, -0.05) is 18.2 Å². The van der Waals surface area contributed by atoms with Crippen molar-refractivity contribution in [3.8, 4) is 11.8 Å². The summed E-state index contributed by atoms with van der Waals surface area (Å²) in [6.45, 7) is 2.03. The van der Waals surface area contributed by atoms with E-state index in [1.807, 2.05) is 22.7 Å². The number of allylic oxidation sites excluding steroid dienone is 1. The molecule has 0 radical (unpaired) electrons. The van der Waals surface area contributed by atoms with Crippen LogP contribution in [0, 0.1) is 23.0 Å². The molecule has 0 spiro atoms. The Morgan fingerprint density at radius 2 is 1.97 bits per heavy atom. The van der Waals surface area contributed by atoms with Crippen molar-refractivity contribution in [2.45, 2.75) is 38.7 Å². The Labute approximate surface area is 195 Å². The van der Waals surface area contributed by atoms with Crippen LogP contribution in [0.4, 0.5) is 8.78 Å². The van der Waals surface area contributed by atoms with Crippen molar-refractivity contribution >= 4 is 11.2 Å². The number of hydrogen-bond acceptors (Lipinski definition) is 3. The molecule has 2 aliphatic rings. The van der Waals surface area contributed by atoms with E-state index in [-0.39, 0.29) is 18.2 Å². The highest BCUT2D eigenvalue weighted by Crippen LogP contribution is 2.43. The number of aromatic nitrogens is 2. The van der Waals surface area contributed by atoms with Crippen molar-refractivity contribution in [2.24, 2.45) is 0 Å². The third-order valence-corrected chi connectivity index (χ3v) is 6.65. The Kier molecular flexibility index (Phi) is 4.73. The smallest absolute Gasteiger partial charge is 0.173 e. The van der Waals surface area contributed by atoms with Crippen molar-refractivity contribution in [3.05, 3.63) is 106 Å². The molecule has 1 aliphatic heterocycles. The number of benzene rings is 2. The molecule has 0 unspecified atom stereocenters. The number of imidazole rings is 1. The van der Waals surface area contributed by atoms with E-state index in [1.165, 1.54) is 18.2 Å². The fourth-order valence-corrected chi connectivity index (χ4v) is 4.86. The molecule has 1 fully saturated rings. The van der Waals surface area contributed by atoms with Gasteiger partial charge in [0.15, 0.2) is 11.5 Å². The predicted molar refractivity (Wildman–Crippen MR) is 124 cm³/mol. The molecule has 0 saturated heterocycles. The zero-order chi connectivity index (χ0) is 23.4. The molecule has 2 aromatic heterocycles.